The van der Waals surface area contributed by atoms with Gasteiger partial charge in [0.1, 0.15) is 23.0 Å². The number of nitro benzene ring substituents is 1. The molecule has 0 spiro atoms. The van der Waals surface area contributed by atoms with Gasteiger partial charge < -0.3 is 20.4 Å². The van der Waals surface area contributed by atoms with Crippen molar-refractivity contribution < 1.29 is 25.3 Å². The van der Waals surface area contributed by atoms with Crippen molar-refractivity contribution >= 4 is 17.1 Å². The molecular weight excluding hydrogens is 378 g/mol. The first-order valence-electron chi connectivity index (χ1n) is 8.35. The monoisotopic (exact) mass is 397 g/mol. The van der Waals surface area contributed by atoms with E-state index in [0.29, 0.717) is 11.1 Å². The van der Waals surface area contributed by atoms with Crippen molar-refractivity contribution in [1.29, 1.82) is 0 Å². The van der Waals surface area contributed by atoms with E-state index in [-0.39, 0.29) is 40.1 Å². The number of phenolic OH excluding ortho intramolecular Hbond substituents is 4. The first-order valence-corrected chi connectivity index (χ1v) is 8.35. The maximum Gasteiger partial charge on any atom is 0.269 e. The summed E-state index contributed by atoms with van der Waals surface area (Å²) in [4.78, 5) is 9.59. The van der Waals surface area contributed by atoms with E-state index in [4.69, 9.17) is 0 Å². The Kier molecular flexibility index (Phi) is 6.70. The molecule has 0 radical (unpaired) electrons. The van der Waals surface area contributed by atoms with Gasteiger partial charge in [-0.2, -0.15) is 0 Å². The second-order valence-corrected chi connectivity index (χ2v) is 6.10. The Morgan fingerprint density at radius 2 is 1.07 bits per heavy atom. The summed E-state index contributed by atoms with van der Waals surface area (Å²) >= 11 is 0. The standard InChI is InChI=1S/C14H14N2O4.C6H5NO2/c1-7-3-9(17)13(10(18)4-7)15-16-14-11(19)5-8(2)6-12(14)20;8-7(9)6-4-2-1-3-5-6/h3-6,17-20H,1-2H3;1-5H. The lowest BCUT2D eigenvalue weighted by molar-refractivity contribution is -0.384. The number of aryl methyl sites for hydroxylation is 2. The van der Waals surface area contributed by atoms with E-state index >= 15 is 0 Å². The van der Waals surface area contributed by atoms with Crippen molar-refractivity contribution in [2.45, 2.75) is 13.8 Å². The number of hydrogen-bond donors (Lipinski definition) is 4. The summed E-state index contributed by atoms with van der Waals surface area (Å²) in [6.07, 6.45) is 0. The summed E-state index contributed by atoms with van der Waals surface area (Å²) < 4.78 is 0. The van der Waals surface area contributed by atoms with Gasteiger partial charge in [0, 0.05) is 12.1 Å². The Bertz CT molecular complexity index is 946. The summed E-state index contributed by atoms with van der Waals surface area (Å²) in [5.74, 6) is -0.954. The van der Waals surface area contributed by atoms with E-state index in [0.717, 1.165) is 0 Å². The molecule has 3 aromatic rings. The number of para-hydroxylation sites is 1. The molecule has 0 fully saturated rings. The predicted molar refractivity (Wildman–Crippen MR) is 106 cm³/mol. The van der Waals surface area contributed by atoms with Crippen LogP contribution in [0.15, 0.2) is 64.8 Å². The van der Waals surface area contributed by atoms with Crippen molar-refractivity contribution in [1.82, 2.24) is 0 Å². The van der Waals surface area contributed by atoms with Crippen molar-refractivity contribution in [3.63, 3.8) is 0 Å². The van der Waals surface area contributed by atoms with Gasteiger partial charge in [-0.3, -0.25) is 10.1 Å². The Labute approximate surface area is 166 Å². The van der Waals surface area contributed by atoms with Gasteiger partial charge in [-0.25, -0.2) is 0 Å². The van der Waals surface area contributed by atoms with Gasteiger partial charge in [0.25, 0.3) is 5.69 Å². The molecule has 29 heavy (non-hydrogen) atoms. The zero-order chi connectivity index (χ0) is 21.6. The Hall–Kier alpha value is -4.14. The zero-order valence-corrected chi connectivity index (χ0v) is 15.6. The third kappa shape index (κ3) is 5.67. The molecule has 0 atom stereocenters. The van der Waals surface area contributed by atoms with Crippen LogP contribution in [0.1, 0.15) is 11.1 Å². The number of rotatable bonds is 3. The SMILES string of the molecule is Cc1cc(O)c(N=Nc2c(O)cc(C)cc2O)c(O)c1.O=[N+]([O-])c1ccccc1. The van der Waals surface area contributed by atoms with E-state index < -0.39 is 4.92 Å². The van der Waals surface area contributed by atoms with E-state index in [2.05, 4.69) is 10.2 Å². The van der Waals surface area contributed by atoms with Crippen molar-refractivity contribution in [3.8, 4) is 23.0 Å². The smallest absolute Gasteiger partial charge is 0.269 e. The summed E-state index contributed by atoms with van der Waals surface area (Å²) in [5.41, 5.74) is 1.21. The topological polar surface area (TPSA) is 149 Å². The summed E-state index contributed by atoms with van der Waals surface area (Å²) in [6, 6.07) is 13.6. The molecule has 0 aromatic heterocycles. The molecule has 0 aliphatic heterocycles. The minimum atomic E-state index is -0.417. The molecule has 3 rings (SSSR count). The molecule has 0 aliphatic carbocycles. The van der Waals surface area contributed by atoms with Crippen molar-refractivity contribution in [3.05, 3.63) is 75.8 Å². The van der Waals surface area contributed by atoms with Crippen LogP contribution in [0.2, 0.25) is 0 Å². The molecule has 150 valence electrons. The number of non-ortho nitro benzene ring substituents is 1. The molecular formula is C20H19N3O6. The van der Waals surface area contributed by atoms with Crippen LogP contribution in [0.4, 0.5) is 17.1 Å². The maximum atomic E-state index is 10.0. The zero-order valence-electron chi connectivity index (χ0n) is 15.6. The summed E-state index contributed by atoms with van der Waals surface area (Å²) in [5, 5.41) is 56.1. The third-order valence-electron chi connectivity index (χ3n) is 3.65. The molecule has 0 amide bonds. The molecule has 0 saturated carbocycles. The third-order valence-corrected chi connectivity index (χ3v) is 3.65. The minimum Gasteiger partial charge on any atom is -0.505 e. The lowest BCUT2D eigenvalue weighted by atomic mass is 10.2. The van der Waals surface area contributed by atoms with Gasteiger partial charge in [-0.15, -0.1) is 10.2 Å². The normalized spacial score (nSPS) is 10.4. The molecule has 0 aliphatic rings. The molecule has 9 heteroatoms. The van der Waals surface area contributed by atoms with E-state index in [1.807, 2.05) is 0 Å². The molecule has 4 N–H and O–H groups in total. The maximum absolute atomic E-state index is 10.0. The van der Waals surface area contributed by atoms with Gasteiger partial charge >= 0.3 is 0 Å². The highest BCUT2D eigenvalue weighted by Crippen LogP contribution is 2.41. The summed E-state index contributed by atoms with van der Waals surface area (Å²) in [7, 11) is 0. The Morgan fingerprint density at radius 1 is 0.724 bits per heavy atom. The van der Waals surface area contributed by atoms with Gasteiger partial charge in [0.15, 0.2) is 11.4 Å². The molecule has 0 bridgehead atoms. The molecule has 3 aromatic carbocycles. The molecule has 0 heterocycles. The predicted octanol–water partition coefficient (Wildman–Crippen LogP) is 5.14. The van der Waals surface area contributed by atoms with Gasteiger partial charge in [0.2, 0.25) is 0 Å². The molecule has 9 nitrogen and oxygen atoms in total. The quantitative estimate of drug-likeness (QED) is 0.273. The summed E-state index contributed by atoms with van der Waals surface area (Å²) in [6.45, 7) is 3.41. The van der Waals surface area contributed by atoms with E-state index in [1.165, 1.54) is 36.4 Å². The number of hydrogen-bond acceptors (Lipinski definition) is 8. The number of nitro groups is 1. The highest BCUT2D eigenvalue weighted by atomic mass is 16.6. The van der Waals surface area contributed by atoms with Gasteiger partial charge in [-0.1, -0.05) is 18.2 Å². The second kappa shape index (κ2) is 9.18. The first kappa shape index (κ1) is 21.2. The van der Waals surface area contributed by atoms with Crippen molar-refractivity contribution in [2.75, 3.05) is 0 Å². The number of benzene rings is 3. The van der Waals surface area contributed by atoms with Crippen LogP contribution in [-0.4, -0.2) is 25.3 Å². The van der Waals surface area contributed by atoms with Crippen LogP contribution in [0, 0.1) is 24.0 Å². The Balaban J connectivity index is 0.000000278. The van der Waals surface area contributed by atoms with Crippen LogP contribution in [0.3, 0.4) is 0 Å². The fourth-order valence-electron chi connectivity index (χ4n) is 2.34. The number of azo groups is 1. The molecule has 0 saturated heterocycles. The van der Waals surface area contributed by atoms with Crippen LogP contribution in [-0.2, 0) is 0 Å². The minimum absolute atomic E-state index is 0.130. The Morgan fingerprint density at radius 3 is 1.34 bits per heavy atom. The fourth-order valence-corrected chi connectivity index (χ4v) is 2.34. The van der Waals surface area contributed by atoms with Crippen LogP contribution < -0.4 is 0 Å². The van der Waals surface area contributed by atoms with Crippen LogP contribution in [0.5, 0.6) is 23.0 Å². The average Bonchev–Trinajstić information content (AvgIpc) is 2.63. The lowest BCUT2D eigenvalue weighted by Gasteiger charge is -2.05. The number of nitrogens with zero attached hydrogens (tertiary/aromatic N) is 3. The number of phenols is 4. The lowest BCUT2D eigenvalue weighted by Crippen LogP contribution is -1.84. The average molecular weight is 397 g/mol. The van der Waals surface area contributed by atoms with Gasteiger partial charge in [-0.05, 0) is 49.2 Å². The first-order chi connectivity index (χ1) is 13.7. The molecule has 0 unspecified atom stereocenters. The van der Waals surface area contributed by atoms with Crippen LogP contribution >= 0.6 is 0 Å². The van der Waals surface area contributed by atoms with E-state index in [9.17, 15) is 30.5 Å². The van der Waals surface area contributed by atoms with Crippen molar-refractivity contribution in [2.24, 2.45) is 10.2 Å². The highest BCUT2D eigenvalue weighted by Gasteiger charge is 2.11. The fraction of sp³-hybridized carbons (Fsp3) is 0.100. The number of aromatic hydroxyl groups is 4. The second-order valence-electron chi connectivity index (χ2n) is 6.10. The van der Waals surface area contributed by atoms with E-state index in [1.54, 1.807) is 32.0 Å². The van der Waals surface area contributed by atoms with Crippen LogP contribution in [0.25, 0.3) is 0 Å². The van der Waals surface area contributed by atoms with Gasteiger partial charge in [0.05, 0.1) is 4.92 Å². The highest BCUT2D eigenvalue weighted by molar-refractivity contribution is 5.65. The largest absolute Gasteiger partial charge is 0.505 e.